The molecule has 3 aromatic rings. The summed E-state index contributed by atoms with van der Waals surface area (Å²) in [6, 6.07) is 10.2. The fourth-order valence-electron chi connectivity index (χ4n) is 2.39. The Hall–Kier alpha value is -3.15. The van der Waals surface area contributed by atoms with Gasteiger partial charge in [-0.1, -0.05) is 29.4 Å². The van der Waals surface area contributed by atoms with Crippen LogP contribution in [0.15, 0.2) is 45.3 Å². The average molecular weight is 339 g/mol. The molecule has 0 aliphatic heterocycles. The molecular weight excluding hydrogens is 322 g/mol. The van der Waals surface area contributed by atoms with Crippen molar-refractivity contribution < 1.29 is 23.3 Å². The van der Waals surface area contributed by atoms with Crippen LogP contribution < -0.4 is 0 Å². The van der Waals surface area contributed by atoms with Crippen molar-refractivity contribution in [3.63, 3.8) is 0 Å². The zero-order valence-electron chi connectivity index (χ0n) is 14.2. The van der Waals surface area contributed by atoms with E-state index in [-0.39, 0.29) is 18.2 Å². The Morgan fingerprint density at radius 1 is 1.08 bits per heavy atom. The van der Waals surface area contributed by atoms with Crippen molar-refractivity contribution in [1.29, 1.82) is 0 Å². The van der Waals surface area contributed by atoms with E-state index in [2.05, 4.69) is 5.16 Å². The van der Waals surface area contributed by atoms with Crippen molar-refractivity contribution in [2.45, 2.75) is 27.4 Å². The third-order valence-electron chi connectivity index (χ3n) is 3.91. The maximum Gasteiger partial charge on any atom is 0.374 e. The molecule has 2 heterocycles. The van der Waals surface area contributed by atoms with E-state index in [9.17, 15) is 9.59 Å². The van der Waals surface area contributed by atoms with Crippen LogP contribution in [-0.2, 0) is 11.3 Å². The number of nitrogens with zero attached hydrogens (tertiary/aromatic N) is 1. The number of aromatic nitrogens is 1. The molecule has 0 aliphatic carbocycles. The number of ketones is 1. The zero-order valence-corrected chi connectivity index (χ0v) is 14.2. The van der Waals surface area contributed by atoms with E-state index in [4.69, 9.17) is 13.7 Å². The number of hydrogen-bond acceptors (Lipinski definition) is 6. The number of benzene rings is 1. The van der Waals surface area contributed by atoms with E-state index in [1.165, 1.54) is 6.92 Å². The number of aryl methyl sites for hydroxylation is 2. The maximum atomic E-state index is 12.1. The van der Waals surface area contributed by atoms with Crippen LogP contribution in [0.2, 0.25) is 0 Å². The Morgan fingerprint density at radius 3 is 2.40 bits per heavy atom. The van der Waals surface area contributed by atoms with Gasteiger partial charge in [0.15, 0.2) is 5.78 Å². The summed E-state index contributed by atoms with van der Waals surface area (Å²) in [7, 11) is 0. The van der Waals surface area contributed by atoms with Crippen molar-refractivity contribution in [2.24, 2.45) is 0 Å². The second-order valence-corrected chi connectivity index (χ2v) is 5.68. The van der Waals surface area contributed by atoms with E-state index >= 15 is 0 Å². The predicted molar refractivity (Wildman–Crippen MR) is 89.2 cm³/mol. The van der Waals surface area contributed by atoms with Crippen LogP contribution in [0.1, 0.15) is 44.9 Å². The molecule has 6 heteroatoms. The second-order valence-electron chi connectivity index (χ2n) is 5.68. The summed E-state index contributed by atoms with van der Waals surface area (Å²) in [5.41, 5.74) is 2.83. The van der Waals surface area contributed by atoms with Crippen LogP contribution in [0.5, 0.6) is 0 Å². The lowest BCUT2D eigenvalue weighted by atomic mass is 10.1. The summed E-state index contributed by atoms with van der Waals surface area (Å²) in [5, 5.41) is 3.82. The first-order valence-corrected chi connectivity index (χ1v) is 7.76. The van der Waals surface area contributed by atoms with Gasteiger partial charge in [0.05, 0.1) is 11.3 Å². The summed E-state index contributed by atoms with van der Waals surface area (Å²) >= 11 is 0. The fourth-order valence-corrected chi connectivity index (χ4v) is 2.39. The van der Waals surface area contributed by atoms with Crippen molar-refractivity contribution in [3.8, 4) is 11.3 Å². The normalized spacial score (nSPS) is 10.7. The molecule has 0 atom stereocenters. The van der Waals surface area contributed by atoms with Gasteiger partial charge in [0.25, 0.3) is 0 Å². The summed E-state index contributed by atoms with van der Waals surface area (Å²) < 4.78 is 15.9. The summed E-state index contributed by atoms with van der Waals surface area (Å²) in [5.74, 6) is 0.689. The number of hydrogen-bond donors (Lipinski definition) is 0. The molecule has 1 aromatic carbocycles. The second kappa shape index (κ2) is 6.76. The first-order chi connectivity index (χ1) is 12.0. The molecule has 0 radical (unpaired) electrons. The minimum Gasteiger partial charge on any atom is -0.455 e. The fraction of sp³-hybridized carbons (Fsp3) is 0.211. The summed E-state index contributed by atoms with van der Waals surface area (Å²) in [6.07, 6.45) is 0. The largest absolute Gasteiger partial charge is 0.455 e. The first-order valence-electron chi connectivity index (χ1n) is 7.76. The van der Waals surface area contributed by atoms with Gasteiger partial charge in [-0.3, -0.25) is 4.79 Å². The van der Waals surface area contributed by atoms with Gasteiger partial charge < -0.3 is 13.7 Å². The lowest BCUT2D eigenvalue weighted by Crippen LogP contribution is -2.05. The van der Waals surface area contributed by atoms with Gasteiger partial charge in [-0.2, -0.15) is 0 Å². The molecule has 0 saturated carbocycles. The van der Waals surface area contributed by atoms with E-state index < -0.39 is 5.97 Å². The van der Waals surface area contributed by atoms with E-state index in [0.717, 1.165) is 11.1 Å². The van der Waals surface area contributed by atoms with Crippen LogP contribution >= 0.6 is 0 Å². The number of furan rings is 1. The number of Topliss-reactive ketones (excluding diaryl/α,β-unsaturated/α-hetero) is 1. The first kappa shape index (κ1) is 16.7. The average Bonchev–Trinajstić information content (AvgIpc) is 3.21. The van der Waals surface area contributed by atoms with Crippen LogP contribution in [0.3, 0.4) is 0 Å². The van der Waals surface area contributed by atoms with Crippen molar-refractivity contribution in [3.05, 3.63) is 64.7 Å². The molecule has 128 valence electrons. The minimum atomic E-state index is -0.563. The number of carbonyl (C=O) groups is 2. The molecular formula is C19H17NO5. The highest BCUT2D eigenvalue weighted by molar-refractivity contribution is 5.94. The molecule has 0 amide bonds. The topological polar surface area (TPSA) is 82.5 Å². The number of carbonyl (C=O) groups excluding carboxylic acids is 2. The van der Waals surface area contributed by atoms with Gasteiger partial charge in [-0.05, 0) is 32.9 Å². The molecule has 3 rings (SSSR count). The third-order valence-corrected chi connectivity index (χ3v) is 3.91. The molecule has 0 spiro atoms. The van der Waals surface area contributed by atoms with Crippen molar-refractivity contribution in [2.75, 3.05) is 0 Å². The highest BCUT2D eigenvalue weighted by atomic mass is 16.5. The summed E-state index contributed by atoms with van der Waals surface area (Å²) in [4.78, 5) is 23.4. The van der Waals surface area contributed by atoms with Gasteiger partial charge >= 0.3 is 5.97 Å². The Balaban J connectivity index is 1.70. The predicted octanol–water partition coefficient (Wildman–Crippen LogP) is 4.11. The minimum absolute atomic E-state index is 0.00501. The summed E-state index contributed by atoms with van der Waals surface area (Å²) in [6.45, 7) is 5.13. The highest BCUT2D eigenvalue weighted by Gasteiger charge is 2.16. The molecule has 6 nitrogen and oxygen atoms in total. The lowest BCUT2D eigenvalue weighted by molar-refractivity contribution is 0.0435. The van der Waals surface area contributed by atoms with E-state index in [1.54, 1.807) is 50.2 Å². The monoisotopic (exact) mass is 339 g/mol. The molecule has 2 aromatic heterocycles. The zero-order chi connectivity index (χ0) is 18.0. The molecule has 0 unspecified atom stereocenters. The Morgan fingerprint density at radius 2 is 1.80 bits per heavy atom. The van der Waals surface area contributed by atoms with Gasteiger partial charge in [-0.15, -0.1) is 0 Å². The van der Waals surface area contributed by atoms with E-state index in [0.29, 0.717) is 22.8 Å². The molecule has 0 fully saturated rings. The van der Waals surface area contributed by atoms with Crippen molar-refractivity contribution in [1.82, 2.24) is 5.16 Å². The number of ether oxygens (including phenoxy) is 1. The highest BCUT2D eigenvalue weighted by Crippen LogP contribution is 2.23. The smallest absolute Gasteiger partial charge is 0.374 e. The van der Waals surface area contributed by atoms with Crippen LogP contribution in [-0.4, -0.2) is 16.9 Å². The van der Waals surface area contributed by atoms with Gasteiger partial charge in [0.1, 0.15) is 18.1 Å². The lowest BCUT2D eigenvalue weighted by Gasteiger charge is -2.02. The Kier molecular flexibility index (Phi) is 4.52. The van der Waals surface area contributed by atoms with E-state index in [1.807, 2.05) is 0 Å². The molecule has 0 saturated heterocycles. The molecule has 0 aliphatic rings. The Labute approximate surface area is 144 Å². The molecule has 25 heavy (non-hydrogen) atoms. The maximum absolute atomic E-state index is 12.1. The Bertz CT molecular complexity index is 898. The van der Waals surface area contributed by atoms with Crippen molar-refractivity contribution >= 4 is 11.8 Å². The standard InChI is InChI=1S/C19H17NO5/c1-11-16(13(3)25-20-11)10-23-19(22)18-9-8-17(24-18)15-6-4-14(5-7-15)12(2)21/h4-9H,10H2,1-3H3. The van der Waals surface area contributed by atoms with Crippen LogP contribution in [0, 0.1) is 13.8 Å². The van der Waals surface area contributed by atoms with Gasteiger partial charge in [-0.25, -0.2) is 4.79 Å². The number of esters is 1. The molecule has 0 N–H and O–H groups in total. The van der Waals surface area contributed by atoms with Gasteiger partial charge in [0, 0.05) is 11.1 Å². The SMILES string of the molecule is CC(=O)c1ccc(-c2ccc(C(=O)OCc3c(C)noc3C)o2)cc1. The molecule has 0 bridgehead atoms. The third kappa shape index (κ3) is 3.52. The number of rotatable bonds is 5. The van der Waals surface area contributed by atoms with Crippen LogP contribution in [0.4, 0.5) is 0 Å². The quantitative estimate of drug-likeness (QED) is 0.514. The van der Waals surface area contributed by atoms with Gasteiger partial charge in [0.2, 0.25) is 5.76 Å². The van der Waals surface area contributed by atoms with Crippen LogP contribution in [0.25, 0.3) is 11.3 Å².